The van der Waals surface area contributed by atoms with Gasteiger partial charge in [0.2, 0.25) is 5.91 Å². The maximum Gasteiger partial charge on any atom is 0.335 e. The Balaban J connectivity index is 1.67. The van der Waals surface area contributed by atoms with E-state index in [1.807, 2.05) is 43.3 Å². The van der Waals surface area contributed by atoms with E-state index in [1.165, 1.54) is 11.0 Å². The zero-order chi connectivity index (χ0) is 24.9. The van der Waals surface area contributed by atoms with E-state index in [0.717, 1.165) is 28.0 Å². The highest BCUT2D eigenvalue weighted by atomic mass is 16.5. The van der Waals surface area contributed by atoms with E-state index in [0.29, 0.717) is 16.6 Å². The number of aromatic nitrogens is 1. The number of rotatable bonds is 8. The van der Waals surface area contributed by atoms with Crippen LogP contribution in [0.4, 0.5) is 5.82 Å². The van der Waals surface area contributed by atoms with Gasteiger partial charge in [-0.1, -0.05) is 30.3 Å². The van der Waals surface area contributed by atoms with Crippen LogP contribution in [0.1, 0.15) is 27.9 Å². The first kappa shape index (κ1) is 23.9. The summed E-state index contributed by atoms with van der Waals surface area (Å²) in [5.41, 5.74) is 4.20. The van der Waals surface area contributed by atoms with Crippen LogP contribution in [0.5, 0.6) is 5.75 Å². The Morgan fingerprint density at radius 2 is 1.71 bits per heavy atom. The molecule has 0 aliphatic heterocycles. The number of hydrogen-bond donors (Lipinski definition) is 2. The number of methoxy groups -OCH3 is 1. The molecule has 3 aromatic carbocycles. The Bertz CT molecular complexity index is 1380. The number of carbonyl (C=O) groups excluding carboxylic acids is 1. The van der Waals surface area contributed by atoms with Gasteiger partial charge in [0.1, 0.15) is 11.6 Å². The van der Waals surface area contributed by atoms with Crippen molar-refractivity contribution in [1.82, 2.24) is 4.98 Å². The summed E-state index contributed by atoms with van der Waals surface area (Å²) in [7, 11) is 1.65. The lowest BCUT2D eigenvalue weighted by Crippen LogP contribution is -2.31. The van der Waals surface area contributed by atoms with Crippen LogP contribution in [-0.4, -0.2) is 40.8 Å². The maximum atomic E-state index is 13.0. The smallest absolute Gasteiger partial charge is 0.335 e. The molecular formula is C28H26N2O5. The van der Waals surface area contributed by atoms with Crippen LogP contribution < -0.4 is 9.64 Å². The minimum atomic E-state index is -1.02. The monoisotopic (exact) mass is 470 g/mol. The van der Waals surface area contributed by atoms with E-state index in [4.69, 9.17) is 4.74 Å². The molecule has 0 fully saturated rings. The number of amides is 1. The number of fused-ring (bicyclic) bond motifs is 1. The molecule has 4 aromatic rings. The fraction of sp³-hybridized carbons (Fsp3) is 0.179. The van der Waals surface area contributed by atoms with Crippen molar-refractivity contribution in [2.24, 2.45) is 0 Å². The molecule has 4 rings (SSSR count). The average molecular weight is 471 g/mol. The second kappa shape index (κ2) is 10.4. The molecule has 0 aliphatic carbocycles. The van der Waals surface area contributed by atoms with Gasteiger partial charge in [-0.2, -0.15) is 0 Å². The summed E-state index contributed by atoms with van der Waals surface area (Å²) >= 11 is 0. The van der Waals surface area contributed by atoms with Gasteiger partial charge in [-0.05, 0) is 71.0 Å². The van der Waals surface area contributed by atoms with E-state index in [-0.39, 0.29) is 31.0 Å². The summed E-state index contributed by atoms with van der Waals surface area (Å²) in [6.45, 7) is 1.98. The molecule has 0 saturated carbocycles. The Labute approximate surface area is 203 Å². The predicted molar refractivity (Wildman–Crippen MR) is 135 cm³/mol. The van der Waals surface area contributed by atoms with Crippen LogP contribution >= 0.6 is 0 Å². The van der Waals surface area contributed by atoms with Crippen molar-refractivity contribution in [3.8, 4) is 16.9 Å². The van der Waals surface area contributed by atoms with Gasteiger partial charge in [0.05, 0.1) is 32.2 Å². The minimum absolute atomic E-state index is 0.0471. The normalized spacial score (nSPS) is 10.8. The van der Waals surface area contributed by atoms with Gasteiger partial charge in [-0.25, -0.2) is 9.78 Å². The lowest BCUT2D eigenvalue weighted by molar-refractivity contribution is -0.119. The summed E-state index contributed by atoms with van der Waals surface area (Å²) in [6, 6.07) is 20.4. The quantitative estimate of drug-likeness (QED) is 0.383. The van der Waals surface area contributed by atoms with Crippen molar-refractivity contribution in [2.75, 3.05) is 18.6 Å². The molecule has 178 valence electrons. The zero-order valence-corrected chi connectivity index (χ0v) is 19.6. The number of carboxylic acids is 1. The highest BCUT2D eigenvalue weighted by Gasteiger charge is 2.20. The van der Waals surface area contributed by atoms with Crippen LogP contribution in [0.25, 0.3) is 21.9 Å². The first-order chi connectivity index (χ1) is 16.9. The highest BCUT2D eigenvalue weighted by Crippen LogP contribution is 2.29. The Kier molecular flexibility index (Phi) is 7.08. The van der Waals surface area contributed by atoms with Crippen molar-refractivity contribution in [3.05, 3.63) is 89.6 Å². The molecule has 7 nitrogen and oxygen atoms in total. The summed E-state index contributed by atoms with van der Waals surface area (Å²) < 4.78 is 5.34. The number of aryl methyl sites for hydroxylation is 1. The van der Waals surface area contributed by atoms with Crippen molar-refractivity contribution in [2.45, 2.75) is 19.9 Å². The summed E-state index contributed by atoms with van der Waals surface area (Å²) in [6.07, 6.45) is 1.51. The number of carbonyl (C=O) groups is 2. The van der Waals surface area contributed by atoms with Gasteiger partial charge >= 0.3 is 5.97 Å². The molecule has 1 heterocycles. The number of aliphatic hydroxyl groups excluding tert-OH is 1. The minimum Gasteiger partial charge on any atom is -0.496 e. The predicted octanol–water partition coefficient (Wildman–Crippen LogP) is 4.83. The number of carboxylic acid groups (broad SMARTS) is 1. The van der Waals surface area contributed by atoms with Crippen molar-refractivity contribution < 1.29 is 24.5 Å². The van der Waals surface area contributed by atoms with Gasteiger partial charge in [0.15, 0.2) is 0 Å². The molecule has 0 saturated heterocycles. The third-order valence-electron chi connectivity index (χ3n) is 5.90. The third-order valence-corrected chi connectivity index (χ3v) is 5.90. The van der Waals surface area contributed by atoms with Crippen LogP contribution in [0.3, 0.4) is 0 Å². The molecule has 0 unspecified atom stereocenters. The number of nitrogens with zero attached hydrogens (tertiary/aromatic N) is 2. The summed E-state index contributed by atoms with van der Waals surface area (Å²) in [4.78, 5) is 30.3. The number of benzene rings is 3. The number of pyridine rings is 1. The first-order valence-electron chi connectivity index (χ1n) is 11.2. The topological polar surface area (TPSA) is 100.0 Å². The molecule has 7 heteroatoms. The molecular weight excluding hydrogens is 444 g/mol. The van der Waals surface area contributed by atoms with Crippen LogP contribution in [0, 0.1) is 6.92 Å². The van der Waals surface area contributed by atoms with Gasteiger partial charge in [-0.3, -0.25) is 9.69 Å². The van der Waals surface area contributed by atoms with Gasteiger partial charge in [-0.15, -0.1) is 0 Å². The van der Waals surface area contributed by atoms with Gasteiger partial charge in [0, 0.05) is 11.6 Å². The molecule has 0 bridgehead atoms. The SMILES string of the molecule is COc1ccc(-c2ccc(CN(C(=O)CCO)c3nccc4cc(C(=O)O)ccc34)cc2)cc1C. The highest BCUT2D eigenvalue weighted by molar-refractivity contribution is 6.03. The van der Waals surface area contributed by atoms with Crippen LogP contribution in [0.15, 0.2) is 72.9 Å². The lowest BCUT2D eigenvalue weighted by atomic mass is 10.0. The maximum absolute atomic E-state index is 13.0. The Morgan fingerprint density at radius 1 is 0.971 bits per heavy atom. The number of aromatic carboxylic acids is 1. The fourth-order valence-corrected chi connectivity index (χ4v) is 4.07. The second-order valence-electron chi connectivity index (χ2n) is 8.21. The zero-order valence-electron chi connectivity index (χ0n) is 19.6. The van der Waals surface area contributed by atoms with Crippen molar-refractivity contribution in [3.63, 3.8) is 0 Å². The van der Waals surface area contributed by atoms with E-state index >= 15 is 0 Å². The number of ether oxygens (including phenoxy) is 1. The Morgan fingerprint density at radius 3 is 2.37 bits per heavy atom. The molecule has 1 amide bonds. The first-order valence-corrected chi connectivity index (χ1v) is 11.2. The van der Waals surface area contributed by atoms with E-state index in [2.05, 4.69) is 11.1 Å². The number of hydrogen-bond acceptors (Lipinski definition) is 5. The van der Waals surface area contributed by atoms with Crippen LogP contribution in [-0.2, 0) is 11.3 Å². The molecule has 1 aromatic heterocycles. The lowest BCUT2D eigenvalue weighted by Gasteiger charge is -2.23. The average Bonchev–Trinajstić information content (AvgIpc) is 2.87. The molecule has 0 aliphatic rings. The molecule has 0 atom stereocenters. The van der Waals surface area contributed by atoms with Gasteiger partial charge < -0.3 is 14.9 Å². The molecule has 0 spiro atoms. The number of aliphatic hydroxyl groups is 1. The second-order valence-corrected chi connectivity index (χ2v) is 8.21. The molecule has 2 N–H and O–H groups in total. The largest absolute Gasteiger partial charge is 0.496 e. The van der Waals surface area contributed by atoms with E-state index in [1.54, 1.807) is 31.5 Å². The molecule has 0 radical (unpaired) electrons. The standard InChI is InChI=1S/C28H26N2O5/c1-18-15-21(8-10-25(18)35-2)20-5-3-19(4-6-20)17-30(26(32)12-14-31)27-24-9-7-23(28(33)34)16-22(24)11-13-29-27/h3-11,13,15-16,31H,12,14,17H2,1-2H3,(H,33,34). The summed E-state index contributed by atoms with van der Waals surface area (Å²) in [5.74, 6) is -0.0375. The molecule has 35 heavy (non-hydrogen) atoms. The van der Waals surface area contributed by atoms with E-state index < -0.39 is 5.97 Å². The number of anilines is 1. The van der Waals surface area contributed by atoms with Crippen molar-refractivity contribution >= 4 is 28.5 Å². The fourth-order valence-electron chi connectivity index (χ4n) is 4.07. The summed E-state index contributed by atoms with van der Waals surface area (Å²) in [5, 5.41) is 20.0. The Hall–Kier alpha value is -4.23. The van der Waals surface area contributed by atoms with Crippen LogP contribution in [0.2, 0.25) is 0 Å². The van der Waals surface area contributed by atoms with Gasteiger partial charge in [0.25, 0.3) is 0 Å². The third kappa shape index (κ3) is 5.15. The van der Waals surface area contributed by atoms with E-state index in [9.17, 15) is 19.8 Å². The van der Waals surface area contributed by atoms with Crippen molar-refractivity contribution in [1.29, 1.82) is 0 Å².